The Hall–Kier alpha value is -0.0800. The Kier molecular flexibility index (Phi) is 3.34. The summed E-state index contributed by atoms with van der Waals surface area (Å²) in [4.78, 5) is 2.38. The van der Waals surface area contributed by atoms with Crippen LogP contribution < -0.4 is 0 Å². The number of hydrogen-bond donors (Lipinski definition) is 1. The summed E-state index contributed by atoms with van der Waals surface area (Å²) in [6.07, 6.45) is 2.65. The quantitative estimate of drug-likeness (QED) is 0.649. The average molecular weight is 157 g/mol. The SMILES string of the molecule is C[C@@H]1CCCN([C@H](C)CO)C1. The van der Waals surface area contributed by atoms with Gasteiger partial charge >= 0.3 is 0 Å². The van der Waals surface area contributed by atoms with E-state index in [1.807, 2.05) is 0 Å². The number of aliphatic hydroxyl groups is 1. The summed E-state index contributed by atoms with van der Waals surface area (Å²) in [5.41, 5.74) is 0. The standard InChI is InChI=1S/C9H19NO/c1-8-4-3-5-10(6-8)9(2)7-11/h8-9,11H,3-7H2,1-2H3/t8-,9-/m1/s1. The van der Waals surface area contributed by atoms with Crippen LogP contribution in [-0.2, 0) is 0 Å². The van der Waals surface area contributed by atoms with Crippen LogP contribution in [0.15, 0.2) is 0 Å². The van der Waals surface area contributed by atoms with Crippen molar-refractivity contribution < 1.29 is 5.11 Å². The lowest BCUT2D eigenvalue weighted by Crippen LogP contribution is -2.42. The van der Waals surface area contributed by atoms with Crippen LogP contribution in [0.1, 0.15) is 26.7 Å². The van der Waals surface area contributed by atoms with Gasteiger partial charge in [0, 0.05) is 12.6 Å². The molecule has 0 saturated carbocycles. The van der Waals surface area contributed by atoms with Crippen LogP contribution in [-0.4, -0.2) is 35.7 Å². The Morgan fingerprint density at radius 3 is 2.91 bits per heavy atom. The maximum atomic E-state index is 8.93. The minimum absolute atomic E-state index is 0.298. The largest absolute Gasteiger partial charge is 0.395 e. The van der Waals surface area contributed by atoms with Crippen molar-refractivity contribution >= 4 is 0 Å². The fourth-order valence-corrected chi connectivity index (χ4v) is 1.74. The van der Waals surface area contributed by atoms with Gasteiger partial charge in [0.2, 0.25) is 0 Å². The molecule has 0 unspecified atom stereocenters. The Morgan fingerprint density at radius 1 is 1.64 bits per heavy atom. The maximum Gasteiger partial charge on any atom is 0.0584 e. The van der Waals surface area contributed by atoms with Crippen LogP contribution in [0.3, 0.4) is 0 Å². The van der Waals surface area contributed by atoms with Gasteiger partial charge in [0.15, 0.2) is 0 Å². The first-order valence-corrected chi connectivity index (χ1v) is 4.59. The summed E-state index contributed by atoms with van der Waals surface area (Å²) in [6.45, 7) is 7.02. The van der Waals surface area contributed by atoms with Gasteiger partial charge in [-0.2, -0.15) is 0 Å². The van der Waals surface area contributed by atoms with Crippen molar-refractivity contribution in [3.63, 3.8) is 0 Å². The number of nitrogens with zero attached hydrogens (tertiary/aromatic N) is 1. The molecule has 2 heteroatoms. The molecule has 0 aliphatic carbocycles. The molecule has 0 aromatic heterocycles. The van der Waals surface area contributed by atoms with E-state index in [0.29, 0.717) is 12.6 Å². The van der Waals surface area contributed by atoms with Crippen LogP contribution in [0.25, 0.3) is 0 Å². The van der Waals surface area contributed by atoms with Crippen LogP contribution in [0, 0.1) is 5.92 Å². The second kappa shape index (κ2) is 4.07. The van der Waals surface area contributed by atoms with Crippen molar-refractivity contribution in [1.82, 2.24) is 4.90 Å². The zero-order chi connectivity index (χ0) is 8.27. The number of hydrogen-bond acceptors (Lipinski definition) is 2. The van der Waals surface area contributed by atoms with Gasteiger partial charge in [-0.25, -0.2) is 0 Å². The fraction of sp³-hybridized carbons (Fsp3) is 1.00. The van der Waals surface area contributed by atoms with Gasteiger partial charge in [-0.1, -0.05) is 6.92 Å². The highest BCUT2D eigenvalue weighted by molar-refractivity contribution is 4.74. The summed E-state index contributed by atoms with van der Waals surface area (Å²) in [6, 6.07) is 0.359. The highest BCUT2D eigenvalue weighted by atomic mass is 16.3. The molecule has 1 N–H and O–H groups in total. The van der Waals surface area contributed by atoms with Crippen LogP contribution in [0.5, 0.6) is 0 Å². The van der Waals surface area contributed by atoms with E-state index in [1.54, 1.807) is 0 Å². The Bertz CT molecular complexity index is 116. The van der Waals surface area contributed by atoms with E-state index in [-0.39, 0.29) is 0 Å². The molecule has 1 rings (SSSR count). The molecule has 66 valence electrons. The predicted octanol–water partition coefficient (Wildman–Crippen LogP) is 1.10. The molecule has 0 spiro atoms. The first-order chi connectivity index (χ1) is 5.24. The summed E-state index contributed by atoms with van der Waals surface area (Å²) >= 11 is 0. The fourth-order valence-electron chi connectivity index (χ4n) is 1.74. The van der Waals surface area contributed by atoms with E-state index in [4.69, 9.17) is 5.11 Å². The third-order valence-corrected chi connectivity index (χ3v) is 2.58. The number of piperidine rings is 1. The minimum Gasteiger partial charge on any atom is -0.395 e. The second-order valence-electron chi connectivity index (χ2n) is 3.77. The van der Waals surface area contributed by atoms with Crippen molar-refractivity contribution in [1.29, 1.82) is 0 Å². The lowest BCUT2D eigenvalue weighted by Gasteiger charge is -2.34. The van der Waals surface area contributed by atoms with E-state index >= 15 is 0 Å². The molecular weight excluding hydrogens is 138 g/mol. The number of aliphatic hydroxyl groups excluding tert-OH is 1. The molecule has 0 radical (unpaired) electrons. The number of likely N-dealkylation sites (tertiary alicyclic amines) is 1. The average Bonchev–Trinajstić information content (AvgIpc) is 2.03. The van der Waals surface area contributed by atoms with Gasteiger partial charge in [0.1, 0.15) is 0 Å². The van der Waals surface area contributed by atoms with Gasteiger partial charge in [-0.3, -0.25) is 4.90 Å². The zero-order valence-corrected chi connectivity index (χ0v) is 7.58. The molecule has 11 heavy (non-hydrogen) atoms. The molecule has 0 amide bonds. The zero-order valence-electron chi connectivity index (χ0n) is 7.58. The van der Waals surface area contributed by atoms with E-state index in [2.05, 4.69) is 18.7 Å². The summed E-state index contributed by atoms with van der Waals surface area (Å²) in [5, 5.41) is 8.93. The molecule has 1 saturated heterocycles. The van der Waals surface area contributed by atoms with Gasteiger partial charge in [0.25, 0.3) is 0 Å². The summed E-state index contributed by atoms with van der Waals surface area (Å²) < 4.78 is 0. The first kappa shape index (κ1) is 9.01. The van der Waals surface area contributed by atoms with Crippen molar-refractivity contribution in [3.8, 4) is 0 Å². The summed E-state index contributed by atoms with van der Waals surface area (Å²) in [7, 11) is 0. The molecule has 0 aromatic carbocycles. The molecule has 1 aliphatic rings. The lowest BCUT2D eigenvalue weighted by molar-refractivity contribution is 0.0940. The van der Waals surface area contributed by atoms with Crippen molar-refractivity contribution in [2.45, 2.75) is 32.7 Å². The number of rotatable bonds is 2. The van der Waals surface area contributed by atoms with Gasteiger partial charge in [0.05, 0.1) is 6.61 Å². The van der Waals surface area contributed by atoms with Crippen LogP contribution in [0.2, 0.25) is 0 Å². The van der Waals surface area contributed by atoms with Crippen molar-refractivity contribution in [3.05, 3.63) is 0 Å². The highest BCUT2D eigenvalue weighted by Crippen LogP contribution is 2.17. The molecule has 1 fully saturated rings. The van der Waals surface area contributed by atoms with E-state index < -0.39 is 0 Å². The third kappa shape index (κ3) is 2.46. The molecule has 2 nitrogen and oxygen atoms in total. The minimum atomic E-state index is 0.298. The monoisotopic (exact) mass is 157 g/mol. The predicted molar refractivity (Wildman–Crippen MR) is 46.5 cm³/mol. The third-order valence-electron chi connectivity index (χ3n) is 2.58. The maximum absolute atomic E-state index is 8.93. The van der Waals surface area contributed by atoms with E-state index in [0.717, 1.165) is 5.92 Å². The van der Waals surface area contributed by atoms with Gasteiger partial charge in [-0.15, -0.1) is 0 Å². The van der Waals surface area contributed by atoms with Crippen molar-refractivity contribution in [2.75, 3.05) is 19.7 Å². The van der Waals surface area contributed by atoms with E-state index in [1.165, 1.54) is 25.9 Å². The molecule has 2 atom stereocenters. The van der Waals surface area contributed by atoms with Gasteiger partial charge < -0.3 is 5.11 Å². The highest BCUT2D eigenvalue weighted by Gasteiger charge is 2.19. The molecule has 0 bridgehead atoms. The molecular formula is C9H19NO. The Morgan fingerprint density at radius 2 is 2.36 bits per heavy atom. The molecule has 0 aromatic rings. The summed E-state index contributed by atoms with van der Waals surface area (Å²) in [5.74, 6) is 0.817. The Labute approximate surface area is 69.2 Å². The van der Waals surface area contributed by atoms with E-state index in [9.17, 15) is 0 Å². The van der Waals surface area contributed by atoms with Crippen LogP contribution in [0.4, 0.5) is 0 Å². The van der Waals surface area contributed by atoms with Crippen molar-refractivity contribution in [2.24, 2.45) is 5.92 Å². The van der Waals surface area contributed by atoms with Crippen LogP contribution >= 0.6 is 0 Å². The normalized spacial score (nSPS) is 30.3. The topological polar surface area (TPSA) is 23.5 Å². The second-order valence-corrected chi connectivity index (χ2v) is 3.77. The lowest BCUT2D eigenvalue weighted by atomic mass is 9.99. The molecule has 1 heterocycles. The van der Waals surface area contributed by atoms with Gasteiger partial charge in [-0.05, 0) is 32.2 Å². The smallest absolute Gasteiger partial charge is 0.0584 e. The Balaban J connectivity index is 2.33. The first-order valence-electron chi connectivity index (χ1n) is 4.59. The molecule has 1 aliphatic heterocycles.